The maximum Gasteiger partial charge on any atom is 0.337 e. The van der Waals surface area contributed by atoms with Gasteiger partial charge >= 0.3 is 5.97 Å². The molecule has 0 radical (unpaired) electrons. The maximum absolute atomic E-state index is 11.5. The SMILES string of the molecule is COC(=O)c1ccc(Cn2cc(C=O)nc2-c2ccccc2)cc1. The van der Waals surface area contributed by atoms with E-state index in [4.69, 9.17) is 4.74 Å². The van der Waals surface area contributed by atoms with Crippen molar-refractivity contribution in [2.75, 3.05) is 7.11 Å². The molecule has 0 atom stereocenters. The molecule has 24 heavy (non-hydrogen) atoms. The average Bonchev–Trinajstić information content (AvgIpc) is 3.05. The van der Waals surface area contributed by atoms with E-state index in [1.54, 1.807) is 18.3 Å². The number of aromatic nitrogens is 2. The number of ether oxygens (including phenoxy) is 1. The van der Waals surface area contributed by atoms with Crippen LogP contribution in [0.3, 0.4) is 0 Å². The lowest BCUT2D eigenvalue weighted by Gasteiger charge is -2.08. The second-order valence-electron chi connectivity index (χ2n) is 5.29. The van der Waals surface area contributed by atoms with Gasteiger partial charge in [0.25, 0.3) is 0 Å². The Labute approximate surface area is 139 Å². The molecule has 3 aromatic rings. The fraction of sp³-hybridized carbons (Fsp3) is 0.105. The first kappa shape index (κ1) is 15.7. The van der Waals surface area contributed by atoms with Gasteiger partial charge in [0.05, 0.1) is 12.7 Å². The van der Waals surface area contributed by atoms with Crippen LogP contribution in [0.2, 0.25) is 0 Å². The Morgan fingerprint density at radius 3 is 2.46 bits per heavy atom. The summed E-state index contributed by atoms with van der Waals surface area (Å²) in [4.78, 5) is 26.9. The van der Waals surface area contributed by atoms with Crippen molar-refractivity contribution < 1.29 is 14.3 Å². The topological polar surface area (TPSA) is 61.2 Å². The van der Waals surface area contributed by atoms with E-state index < -0.39 is 0 Å². The Hall–Kier alpha value is -3.21. The van der Waals surface area contributed by atoms with Crippen molar-refractivity contribution in [2.45, 2.75) is 6.54 Å². The smallest absolute Gasteiger partial charge is 0.337 e. The molecule has 0 N–H and O–H groups in total. The van der Waals surface area contributed by atoms with Crippen molar-refractivity contribution >= 4 is 12.3 Å². The van der Waals surface area contributed by atoms with E-state index in [1.807, 2.05) is 47.0 Å². The van der Waals surface area contributed by atoms with Crippen LogP contribution in [0.4, 0.5) is 0 Å². The number of carbonyl (C=O) groups is 2. The monoisotopic (exact) mass is 320 g/mol. The van der Waals surface area contributed by atoms with Gasteiger partial charge in [0.2, 0.25) is 0 Å². The molecule has 0 aliphatic rings. The van der Waals surface area contributed by atoms with Crippen molar-refractivity contribution in [3.63, 3.8) is 0 Å². The number of hydrogen-bond donors (Lipinski definition) is 0. The zero-order valence-corrected chi connectivity index (χ0v) is 13.2. The number of imidazole rings is 1. The Morgan fingerprint density at radius 1 is 1.12 bits per heavy atom. The van der Waals surface area contributed by atoms with E-state index in [0.29, 0.717) is 17.8 Å². The Kier molecular flexibility index (Phi) is 4.52. The van der Waals surface area contributed by atoms with Crippen LogP contribution in [0.25, 0.3) is 11.4 Å². The molecular formula is C19H16N2O3. The Bertz CT molecular complexity index is 852. The number of hydrogen-bond acceptors (Lipinski definition) is 4. The van der Waals surface area contributed by atoms with Crippen molar-refractivity contribution in [1.29, 1.82) is 0 Å². The summed E-state index contributed by atoms with van der Waals surface area (Å²) in [7, 11) is 1.36. The summed E-state index contributed by atoms with van der Waals surface area (Å²) in [6, 6.07) is 16.9. The van der Waals surface area contributed by atoms with Crippen LogP contribution in [0.1, 0.15) is 26.4 Å². The van der Waals surface area contributed by atoms with Crippen LogP contribution >= 0.6 is 0 Å². The molecule has 0 fully saturated rings. The molecule has 5 nitrogen and oxygen atoms in total. The summed E-state index contributed by atoms with van der Waals surface area (Å²) in [6.07, 6.45) is 2.47. The first-order valence-electron chi connectivity index (χ1n) is 7.46. The highest BCUT2D eigenvalue weighted by molar-refractivity contribution is 5.89. The molecule has 3 rings (SSSR count). The molecule has 0 saturated heterocycles. The molecule has 1 heterocycles. The van der Waals surface area contributed by atoms with Gasteiger partial charge in [0.1, 0.15) is 11.5 Å². The van der Waals surface area contributed by atoms with Crippen LogP contribution in [-0.4, -0.2) is 28.9 Å². The number of methoxy groups -OCH3 is 1. The normalized spacial score (nSPS) is 10.4. The van der Waals surface area contributed by atoms with E-state index in [1.165, 1.54) is 7.11 Å². The molecule has 0 unspecified atom stereocenters. The standard InChI is InChI=1S/C19H16N2O3/c1-24-19(23)16-9-7-14(8-10-16)11-21-12-17(13-22)20-18(21)15-5-3-2-4-6-15/h2-10,12-13H,11H2,1H3. The van der Waals surface area contributed by atoms with Crippen molar-refractivity contribution in [1.82, 2.24) is 9.55 Å². The first-order chi connectivity index (χ1) is 11.7. The van der Waals surface area contributed by atoms with Crippen molar-refractivity contribution in [3.8, 4) is 11.4 Å². The highest BCUT2D eigenvalue weighted by atomic mass is 16.5. The number of nitrogens with zero attached hydrogens (tertiary/aromatic N) is 2. The minimum atomic E-state index is -0.364. The van der Waals surface area contributed by atoms with Crippen molar-refractivity contribution in [3.05, 3.63) is 77.6 Å². The molecule has 0 aliphatic heterocycles. The lowest BCUT2D eigenvalue weighted by atomic mass is 10.1. The molecule has 0 bridgehead atoms. The van der Waals surface area contributed by atoms with Gasteiger partial charge in [-0.25, -0.2) is 9.78 Å². The summed E-state index contributed by atoms with van der Waals surface area (Å²) < 4.78 is 6.62. The van der Waals surface area contributed by atoms with E-state index in [9.17, 15) is 9.59 Å². The molecule has 120 valence electrons. The molecule has 0 spiro atoms. The van der Waals surface area contributed by atoms with Gasteiger partial charge in [-0.3, -0.25) is 4.79 Å². The Balaban J connectivity index is 1.91. The molecular weight excluding hydrogens is 304 g/mol. The third-order valence-corrected chi connectivity index (χ3v) is 3.68. The number of carbonyl (C=O) groups excluding carboxylic acids is 2. The molecule has 2 aromatic carbocycles. The second-order valence-corrected chi connectivity index (χ2v) is 5.29. The van der Waals surface area contributed by atoms with Gasteiger partial charge in [0.15, 0.2) is 6.29 Å². The fourth-order valence-corrected chi connectivity index (χ4v) is 2.49. The number of aldehydes is 1. The summed E-state index contributed by atoms with van der Waals surface area (Å²) in [6.45, 7) is 0.548. The van der Waals surface area contributed by atoms with Crippen LogP contribution in [0.5, 0.6) is 0 Å². The van der Waals surface area contributed by atoms with E-state index in [2.05, 4.69) is 4.98 Å². The minimum Gasteiger partial charge on any atom is -0.465 e. The van der Waals surface area contributed by atoms with Crippen LogP contribution < -0.4 is 0 Å². The zero-order chi connectivity index (χ0) is 16.9. The van der Waals surface area contributed by atoms with Gasteiger partial charge in [-0.1, -0.05) is 42.5 Å². The molecule has 0 aliphatic carbocycles. The second kappa shape index (κ2) is 6.91. The van der Waals surface area contributed by atoms with Gasteiger partial charge in [0, 0.05) is 18.3 Å². The van der Waals surface area contributed by atoms with Crippen LogP contribution in [-0.2, 0) is 11.3 Å². The fourth-order valence-electron chi connectivity index (χ4n) is 2.49. The molecule has 0 amide bonds. The quantitative estimate of drug-likeness (QED) is 0.535. The Morgan fingerprint density at radius 2 is 1.83 bits per heavy atom. The lowest BCUT2D eigenvalue weighted by Crippen LogP contribution is -2.03. The molecule has 0 saturated carbocycles. The predicted octanol–water partition coefficient (Wildman–Crippen LogP) is 3.20. The zero-order valence-electron chi connectivity index (χ0n) is 13.2. The van der Waals surface area contributed by atoms with Gasteiger partial charge < -0.3 is 9.30 Å². The molecule has 1 aromatic heterocycles. The van der Waals surface area contributed by atoms with Gasteiger partial charge in [-0.2, -0.15) is 0 Å². The predicted molar refractivity (Wildman–Crippen MR) is 89.9 cm³/mol. The number of benzene rings is 2. The number of rotatable bonds is 5. The van der Waals surface area contributed by atoms with Gasteiger partial charge in [-0.15, -0.1) is 0 Å². The summed E-state index contributed by atoms with van der Waals surface area (Å²) >= 11 is 0. The van der Waals surface area contributed by atoms with Crippen LogP contribution in [0, 0.1) is 0 Å². The van der Waals surface area contributed by atoms with Crippen LogP contribution in [0.15, 0.2) is 60.8 Å². The highest BCUT2D eigenvalue weighted by Gasteiger charge is 2.11. The lowest BCUT2D eigenvalue weighted by molar-refractivity contribution is 0.0600. The summed E-state index contributed by atoms with van der Waals surface area (Å²) in [5, 5.41) is 0. The average molecular weight is 320 g/mol. The van der Waals surface area contributed by atoms with E-state index in [0.717, 1.165) is 23.2 Å². The third kappa shape index (κ3) is 3.25. The first-order valence-corrected chi connectivity index (χ1v) is 7.46. The van der Waals surface area contributed by atoms with E-state index in [-0.39, 0.29) is 5.97 Å². The maximum atomic E-state index is 11.5. The molecule has 5 heteroatoms. The number of esters is 1. The van der Waals surface area contributed by atoms with E-state index >= 15 is 0 Å². The largest absolute Gasteiger partial charge is 0.465 e. The third-order valence-electron chi connectivity index (χ3n) is 3.68. The highest BCUT2D eigenvalue weighted by Crippen LogP contribution is 2.20. The van der Waals surface area contributed by atoms with Crippen molar-refractivity contribution in [2.24, 2.45) is 0 Å². The summed E-state index contributed by atoms with van der Waals surface area (Å²) in [5.74, 6) is 0.368. The van der Waals surface area contributed by atoms with Gasteiger partial charge in [-0.05, 0) is 17.7 Å². The minimum absolute atomic E-state index is 0.364. The summed E-state index contributed by atoms with van der Waals surface area (Å²) in [5.41, 5.74) is 2.83.